The third kappa shape index (κ3) is 2.74. The van der Waals surface area contributed by atoms with Crippen molar-refractivity contribution in [2.24, 2.45) is 0 Å². The highest BCUT2D eigenvalue weighted by Gasteiger charge is 2.12. The molecule has 1 atom stereocenters. The maximum atomic E-state index is 12.0. The second kappa shape index (κ2) is 5.45. The Morgan fingerprint density at radius 1 is 1.17 bits per heavy atom. The summed E-state index contributed by atoms with van der Waals surface area (Å²) in [6, 6.07) is 11.5. The minimum Gasteiger partial charge on any atom is -0.346 e. The minimum atomic E-state index is -0.0758. The minimum absolute atomic E-state index is 0.00753. The first-order valence-corrected chi connectivity index (χ1v) is 5.95. The summed E-state index contributed by atoms with van der Waals surface area (Å²) >= 11 is 0. The maximum absolute atomic E-state index is 12.0. The molecule has 0 aliphatic rings. The van der Waals surface area contributed by atoms with E-state index in [9.17, 15) is 4.79 Å². The zero-order chi connectivity index (χ0) is 13.0. The molecule has 18 heavy (non-hydrogen) atoms. The Hall–Kier alpha value is -2.16. The van der Waals surface area contributed by atoms with Gasteiger partial charge in [0, 0.05) is 18.0 Å². The number of rotatable bonds is 3. The average Bonchev–Trinajstić information content (AvgIpc) is 2.40. The summed E-state index contributed by atoms with van der Waals surface area (Å²) in [5.74, 6) is -0.0758. The zero-order valence-corrected chi connectivity index (χ0v) is 10.6. The Bertz CT molecular complexity index is 537. The molecule has 0 radical (unpaired) electrons. The van der Waals surface area contributed by atoms with Crippen molar-refractivity contribution < 1.29 is 4.79 Å². The number of nitrogens with zero attached hydrogens (tertiary/aromatic N) is 1. The SMILES string of the molecule is Cc1ccccc1C(C)NC(=O)c1ccncc1. The van der Waals surface area contributed by atoms with Gasteiger partial charge in [-0.25, -0.2) is 0 Å². The van der Waals surface area contributed by atoms with Crippen LogP contribution in [0.4, 0.5) is 0 Å². The molecule has 0 bridgehead atoms. The number of carbonyl (C=O) groups is 1. The number of benzene rings is 1. The van der Waals surface area contributed by atoms with Crippen LogP contribution in [0.5, 0.6) is 0 Å². The number of carbonyl (C=O) groups excluding carboxylic acids is 1. The van der Waals surface area contributed by atoms with Crippen molar-refractivity contribution in [1.82, 2.24) is 10.3 Å². The van der Waals surface area contributed by atoms with Crippen LogP contribution >= 0.6 is 0 Å². The summed E-state index contributed by atoms with van der Waals surface area (Å²) < 4.78 is 0. The molecule has 1 heterocycles. The van der Waals surface area contributed by atoms with Gasteiger partial charge in [0.05, 0.1) is 6.04 Å². The molecule has 2 rings (SSSR count). The lowest BCUT2D eigenvalue weighted by Crippen LogP contribution is -2.27. The van der Waals surface area contributed by atoms with Gasteiger partial charge in [-0.15, -0.1) is 0 Å². The van der Waals surface area contributed by atoms with Crippen LogP contribution in [0, 0.1) is 6.92 Å². The van der Waals surface area contributed by atoms with Crippen LogP contribution in [0.1, 0.15) is 34.5 Å². The van der Waals surface area contributed by atoms with Gasteiger partial charge in [0.15, 0.2) is 0 Å². The highest BCUT2D eigenvalue weighted by atomic mass is 16.1. The Labute approximate surface area is 107 Å². The molecule has 0 aliphatic heterocycles. The quantitative estimate of drug-likeness (QED) is 0.896. The first-order chi connectivity index (χ1) is 8.68. The van der Waals surface area contributed by atoms with Crippen molar-refractivity contribution in [3.8, 4) is 0 Å². The van der Waals surface area contributed by atoms with Gasteiger partial charge in [-0.05, 0) is 37.1 Å². The Balaban J connectivity index is 2.11. The third-order valence-electron chi connectivity index (χ3n) is 2.95. The van der Waals surface area contributed by atoms with Gasteiger partial charge in [-0.3, -0.25) is 9.78 Å². The first kappa shape index (κ1) is 12.3. The standard InChI is InChI=1S/C15H16N2O/c1-11-5-3-4-6-14(11)12(2)17-15(18)13-7-9-16-10-8-13/h3-10,12H,1-2H3,(H,17,18). The fraction of sp³-hybridized carbons (Fsp3) is 0.200. The normalized spacial score (nSPS) is 11.9. The van der Waals surface area contributed by atoms with Crippen LogP contribution < -0.4 is 5.32 Å². The lowest BCUT2D eigenvalue weighted by Gasteiger charge is -2.16. The molecule has 0 aliphatic carbocycles. The molecule has 1 unspecified atom stereocenters. The largest absolute Gasteiger partial charge is 0.346 e. The number of hydrogen-bond donors (Lipinski definition) is 1. The monoisotopic (exact) mass is 240 g/mol. The molecular formula is C15H16N2O. The van der Waals surface area contributed by atoms with Crippen molar-refractivity contribution in [1.29, 1.82) is 0 Å². The molecule has 0 fully saturated rings. The summed E-state index contributed by atoms with van der Waals surface area (Å²) in [5, 5.41) is 2.99. The van der Waals surface area contributed by atoms with Gasteiger partial charge in [-0.1, -0.05) is 24.3 Å². The number of aromatic nitrogens is 1. The molecule has 0 saturated carbocycles. The molecule has 0 spiro atoms. The summed E-state index contributed by atoms with van der Waals surface area (Å²) in [7, 11) is 0. The Morgan fingerprint density at radius 2 is 1.83 bits per heavy atom. The summed E-state index contributed by atoms with van der Waals surface area (Å²) in [6.45, 7) is 4.03. The predicted octanol–water partition coefficient (Wildman–Crippen LogP) is 2.88. The molecule has 92 valence electrons. The molecule has 1 N–H and O–H groups in total. The van der Waals surface area contributed by atoms with Crippen LogP contribution in [0.15, 0.2) is 48.8 Å². The number of amides is 1. The number of pyridine rings is 1. The van der Waals surface area contributed by atoms with Gasteiger partial charge in [-0.2, -0.15) is 0 Å². The zero-order valence-electron chi connectivity index (χ0n) is 10.6. The molecule has 3 nitrogen and oxygen atoms in total. The smallest absolute Gasteiger partial charge is 0.251 e. The number of aryl methyl sites for hydroxylation is 1. The summed E-state index contributed by atoms with van der Waals surface area (Å²) in [4.78, 5) is 15.9. The van der Waals surface area contributed by atoms with Crippen LogP contribution in [0.3, 0.4) is 0 Å². The number of nitrogens with one attached hydrogen (secondary N) is 1. The van der Waals surface area contributed by atoms with Gasteiger partial charge in [0.25, 0.3) is 5.91 Å². The number of hydrogen-bond acceptors (Lipinski definition) is 2. The Morgan fingerprint density at radius 3 is 2.50 bits per heavy atom. The molecule has 3 heteroatoms. The predicted molar refractivity (Wildman–Crippen MR) is 71.3 cm³/mol. The molecule has 1 amide bonds. The van der Waals surface area contributed by atoms with Crippen molar-refractivity contribution in [3.05, 3.63) is 65.5 Å². The van der Waals surface area contributed by atoms with Crippen molar-refractivity contribution in [2.75, 3.05) is 0 Å². The van der Waals surface area contributed by atoms with Gasteiger partial charge in [0.1, 0.15) is 0 Å². The van der Waals surface area contributed by atoms with E-state index in [1.54, 1.807) is 24.5 Å². The van der Waals surface area contributed by atoms with Crippen LogP contribution in [-0.2, 0) is 0 Å². The van der Waals surface area contributed by atoms with E-state index >= 15 is 0 Å². The lowest BCUT2D eigenvalue weighted by molar-refractivity contribution is 0.0939. The van der Waals surface area contributed by atoms with E-state index in [1.165, 1.54) is 5.56 Å². The first-order valence-electron chi connectivity index (χ1n) is 5.95. The molecule has 0 saturated heterocycles. The molecular weight excluding hydrogens is 224 g/mol. The lowest BCUT2D eigenvalue weighted by atomic mass is 10.0. The third-order valence-corrected chi connectivity index (χ3v) is 2.95. The van der Waals surface area contributed by atoms with E-state index in [1.807, 2.05) is 38.1 Å². The van der Waals surface area contributed by atoms with E-state index in [0.29, 0.717) is 5.56 Å². The average molecular weight is 240 g/mol. The summed E-state index contributed by atoms with van der Waals surface area (Å²) in [6.07, 6.45) is 3.24. The van der Waals surface area contributed by atoms with E-state index < -0.39 is 0 Å². The molecule has 2 aromatic rings. The highest BCUT2D eigenvalue weighted by Crippen LogP contribution is 2.17. The van der Waals surface area contributed by atoms with E-state index in [-0.39, 0.29) is 11.9 Å². The molecule has 1 aromatic carbocycles. The second-order valence-corrected chi connectivity index (χ2v) is 4.29. The van der Waals surface area contributed by atoms with Crippen molar-refractivity contribution in [3.63, 3.8) is 0 Å². The van der Waals surface area contributed by atoms with Crippen molar-refractivity contribution in [2.45, 2.75) is 19.9 Å². The topological polar surface area (TPSA) is 42.0 Å². The van der Waals surface area contributed by atoms with E-state index in [4.69, 9.17) is 0 Å². The maximum Gasteiger partial charge on any atom is 0.251 e. The van der Waals surface area contributed by atoms with Crippen LogP contribution in [0.25, 0.3) is 0 Å². The molecule has 1 aromatic heterocycles. The van der Waals surface area contributed by atoms with Crippen molar-refractivity contribution >= 4 is 5.91 Å². The van der Waals surface area contributed by atoms with Gasteiger partial charge in [0.2, 0.25) is 0 Å². The fourth-order valence-electron chi connectivity index (χ4n) is 1.93. The fourth-order valence-corrected chi connectivity index (χ4v) is 1.93. The summed E-state index contributed by atoms with van der Waals surface area (Å²) in [5.41, 5.74) is 2.95. The second-order valence-electron chi connectivity index (χ2n) is 4.29. The van der Waals surface area contributed by atoms with Crippen LogP contribution in [0.2, 0.25) is 0 Å². The Kier molecular flexibility index (Phi) is 3.72. The van der Waals surface area contributed by atoms with Crippen LogP contribution in [-0.4, -0.2) is 10.9 Å². The van der Waals surface area contributed by atoms with E-state index in [0.717, 1.165) is 5.56 Å². The van der Waals surface area contributed by atoms with Gasteiger partial charge < -0.3 is 5.32 Å². The highest BCUT2D eigenvalue weighted by molar-refractivity contribution is 5.94. The van der Waals surface area contributed by atoms with E-state index in [2.05, 4.69) is 10.3 Å². The van der Waals surface area contributed by atoms with Gasteiger partial charge >= 0.3 is 0 Å².